The maximum Gasteiger partial charge on any atom is 0.269 e. The molecule has 3 rings (SSSR count). The average Bonchev–Trinajstić information content (AvgIpc) is 3.27. The van der Waals surface area contributed by atoms with Gasteiger partial charge in [-0.05, 0) is 50.1 Å². The average molecular weight is 469 g/mol. The van der Waals surface area contributed by atoms with Crippen LogP contribution in [-0.2, 0) is 4.79 Å². The topological polar surface area (TPSA) is 110 Å². The molecule has 1 aliphatic rings. The molecule has 0 spiro atoms. The Hall–Kier alpha value is -3.62. The second-order valence-corrected chi connectivity index (χ2v) is 8.10. The minimum atomic E-state index is -0.350. The highest BCUT2D eigenvalue weighted by atomic mass is 16.5. The van der Waals surface area contributed by atoms with E-state index in [2.05, 4.69) is 15.6 Å². The van der Waals surface area contributed by atoms with Gasteiger partial charge in [0.15, 0.2) is 11.5 Å². The van der Waals surface area contributed by atoms with Crippen LogP contribution in [-0.4, -0.2) is 67.0 Å². The summed E-state index contributed by atoms with van der Waals surface area (Å²) in [6.45, 7) is 7.20. The van der Waals surface area contributed by atoms with E-state index in [0.29, 0.717) is 49.7 Å². The summed E-state index contributed by atoms with van der Waals surface area (Å²) in [7, 11) is 1.60. The number of hydrogen-bond donors (Lipinski definition) is 2. The van der Waals surface area contributed by atoms with Gasteiger partial charge in [-0.15, -0.1) is 0 Å². The summed E-state index contributed by atoms with van der Waals surface area (Å²) in [5.74, 6) is 0.840. The van der Waals surface area contributed by atoms with Gasteiger partial charge in [0, 0.05) is 44.7 Å². The Balaban J connectivity index is 1.66. The highest BCUT2D eigenvalue weighted by molar-refractivity contribution is 5.96. The molecule has 0 unspecified atom stereocenters. The van der Waals surface area contributed by atoms with E-state index < -0.39 is 0 Å². The summed E-state index contributed by atoms with van der Waals surface area (Å²) in [6.07, 6.45) is 2.09. The van der Waals surface area contributed by atoms with Crippen LogP contribution in [0.2, 0.25) is 0 Å². The molecular weight excluding hydrogens is 436 g/mol. The number of pyridine rings is 1. The number of likely N-dealkylation sites (tertiary alicyclic amines) is 1. The van der Waals surface area contributed by atoms with Gasteiger partial charge < -0.3 is 25.0 Å². The monoisotopic (exact) mass is 468 g/mol. The van der Waals surface area contributed by atoms with Gasteiger partial charge in [0.2, 0.25) is 5.91 Å². The lowest BCUT2D eigenvalue weighted by Gasteiger charge is -2.23. The van der Waals surface area contributed by atoms with Gasteiger partial charge in [-0.25, -0.2) is 0 Å². The first kappa shape index (κ1) is 25.0. The predicted octanol–water partition coefficient (Wildman–Crippen LogP) is 2.37. The lowest BCUT2D eigenvalue weighted by atomic mass is 9.96. The number of rotatable bonds is 9. The Kier molecular flexibility index (Phi) is 8.45. The van der Waals surface area contributed by atoms with E-state index >= 15 is 0 Å². The number of carbonyl (C=O) groups excluding carboxylic acids is 3. The molecule has 1 aliphatic heterocycles. The van der Waals surface area contributed by atoms with Gasteiger partial charge in [-0.1, -0.05) is 6.07 Å². The molecule has 2 heterocycles. The SMILES string of the molecule is CCNC(=O)c1ccc(C(=O)NC[C@H]2C[C@@H](c3ccc(OC)c(OCC)c3)CN2C(C)=O)nc1. The predicted molar refractivity (Wildman–Crippen MR) is 127 cm³/mol. The first-order chi connectivity index (χ1) is 16.4. The van der Waals surface area contributed by atoms with Gasteiger partial charge in [0.25, 0.3) is 11.8 Å². The lowest BCUT2D eigenvalue weighted by Crippen LogP contribution is -2.42. The van der Waals surface area contributed by atoms with Gasteiger partial charge in [-0.3, -0.25) is 19.4 Å². The second-order valence-electron chi connectivity index (χ2n) is 8.10. The number of nitrogens with one attached hydrogen (secondary N) is 2. The fourth-order valence-corrected chi connectivity index (χ4v) is 4.18. The van der Waals surface area contributed by atoms with E-state index in [4.69, 9.17) is 9.47 Å². The number of benzene rings is 1. The first-order valence-corrected chi connectivity index (χ1v) is 11.5. The van der Waals surface area contributed by atoms with Crippen LogP contribution >= 0.6 is 0 Å². The largest absolute Gasteiger partial charge is 0.493 e. The number of ether oxygens (including phenoxy) is 2. The molecule has 1 aromatic heterocycles. The Morgan fingerprint density at radius 3 is 2.50 bits per heavy atom. The van der Waals surface area contributed by atoms with Crippen molar-refractivity contribution in [1.82, 2.24) is 20.5 Å². The zero-order valence-electron chi connectivity index (χ0n) is 20.1. The molecular formula is C25H32N4O5. The molecule has 0 saturated carbocycles. The van der Waals surface area contributed by atoms with Gasteiger partial charge in [-0.2, -0.15) is 0 Å². The Morgan fingerprint density at radius 1 is 1.09 bits per heavy atom. The van der Waals surface area contributed by atoms with E-state index in [0.717, 1.165) is 5.56 Å². The third-order valence-electron chi connectivity index (χ3n) is 5.87. The van der Waals surface area contributed by atoms with Crippen molar-refractivity contribution in [1.29, 1.82) is 0 Å². The first-order valence-electron chi connectivity index (χ1n) is 11.5. The minimum Gasteiger partial charge on any atom is -0.493 e. The summed E-state index contributed by atoms with van der Waals surface area (Å²) < 4.78 is 11.1. The third kappa shape index (κ3) is 5.84. The van der Waals surface area contributed by atoms with Crippen LogP contribution in [0.3, 0.4) is 0 Å². The minimum absolute atomic E-state index is 0.0373. The van der Waals surface area contributed by atoms with E-state index in [-0.39, 0.29) is 35.4 Å². The van der Waals surface area contributed by atoms with Crippen molar-refractivity contribution in [3.63, 3.8) is 0 Å². The molecule has 0 radical (unpaired) electrons. The van der Waals surface area contributed by atoms with Crippen LogP contribution in [0.5, 0.6) is 11.5 Å². The summed E-state index contributed by atoms with van der Waals surface area (Å²) in [6, 6.07) is 8.78. The summed E-state index contributed by atoms with van der Waals surface area (Å²) >= 11 is 0. The van der Waals surface area contributed by atoms with E-state index in [9.17, 15) is 14.4 Å². The van der Waals surface area contributed by atoms with Crippen LogP contribution in [0.25, 0.3) is 0 Å². The molecule has 2 N–H and O–H groups in total. The van der Waals surface area contributed by atoms with Crippen LogP contribution in [0.15, 0.2) is 36.5 Å². The molecule has 1 fully saturated rings. The number of nitrogens with zero attached hydrogens (tertiary/aromatic N) is 2. The zero-order valence-corrected chi connectivity index (χ0v) is 20.1. The molecule has 1 saturated heterocycles. The van der Waals surface area contributed by atoms with Gasteiger partial charge in [0.1, 0.15) is 5.69 Å². The lowest BCUT2D eigenvalue weighted by molar-refractivity contribution is -0.129. The number of amides is 3. The maximum absolute atomic E-state index is 12.6. The van der Waals surface area contributed by atoms with Crippen molar-refractivity contribution < 1.29 is 23.9 Å². The van der Waals surface area contributed by atoms with Crippen molar-refractivity contribution in [3.05, 3.63) is 53.3 Å². The third-order valence-corrected chi connectivity index (χ3v) is 5.87. The van der Waals surface area contributed by atoms with Crippen LogP contribution in [0, 0.1) is 0 Å². The molecule has 2 aromatic rings. The van der Waals surface area contributed by atoms with Gasteiger partial charge in [0.05, 0.1) is 19.3 Å². The molecule has 34 heavy (non-hydrogen) atoms. The fourth-order valence-electron chi connectivity index (χ4n) is 4.18. The second kappa shape index (κ2) is 11.5. The molecule has 182 valence electrons. The number of carbonyl (C=O) groups is 3. The quantitative estimate of drug-likeness (QED) is 0.585. The smallest absolute Gasteiger partial charge is 0.269 e. The van der Waals surface area contributed by atoms with E-state index in [1.807, 2.05) is 32.0 Å². The fraction of sp³-hybridized carbons (Fsp3) is 0.440. The molecule has 9 heteroatoms. The van der Waals surface area contributed by atoms with Crippen molar-refractivity contribution in [2.45, 2.75) is 39.2 Å². The number of methoxy groups -OCH3 is 1. The summed E-state index contributed by atoms with van der Waals surface area (Å²) in [5.41, 5.74) is 1.67. The standard InChI is InChI=1S/C25H32N4O5/c1-5-26-24(31)18-7-9-21(27-13-18)25(32)28-14-20-11-19(15-29(20)16(3)30)17-8-10-22(33-4)23(12-17)34-6-2/h7-10,12-13,19-20H,5-6,11,14-15H2,1-4H3,(H,26,31)(H,28,32)/t19-,20-/m1/s1. The Labute approximate surface area is 199 Å². The molecule has 2 atom stereocenters. The number of hydrogen-bond acceptors (Lipinski definition) is 6. The van der Waals surface area contributed by atoms with Crippen molar-refractivity contribution in [3.8, 4) is 11.5 Å². The van der Waals surface area contributed by atoms with Crippen molar-refractivity contribution in [2.24, 2.45) is 0 Å². The summed E-state index contributed by atoms with van der Waals surface area (Å²) in [4.78, 5) is 42.7. The number of aromatic nitrogens is 1. The Bertz CT molecular complexity index is 1020. The molecule has 0 bridgehead atoms. The molecule has 9 nitrogen and oxygen atoms in total. The highest BCUT2D eigenvalue weighted by Gasteiger charge is 2.35. The maximum atomic E-state index is 12.6. The molecule has 3 amide bonds. The normalized spacial score (nSPS) is 17.2. The molecule has 0 aliphatic carbocycles. The van der Waals surface area contributed by atoms with Crippen molar-refractivity contribution in [2.75, 3.05) is 33.4 Å². The highest BCUT2D eigenvalue weighted by Crippen LogP contribution is 2.36. The van der Waals surface area contributed by atoms with Crippen LogP contribution < -0.4 is 20.1 Å². The van der Waals surface area contributed by atoms with Gasteiger partial charge >= 0.3 is 0 Å². The summed E-state index contributed by atoms with van der Waals surface area (Å²) in [5, 5.41) is 5.57. The Morgan fingerprint density at radius 2 is 1.88 bits per heavy atom. The van der Waals surface area contributed by atoms with Crippen LogP contribution in [0.4, 0.5) is 0 Å². The van der Waals surface area contributed by atoms with E-state index in [1.54, 1.807) is 25.0 Å². The van der Waals surface area contributed by atoms with Crippen LogP contribution in [0.1, 0.15) is 59.5 Å². The zero-order chi connectivity index (χ0) is 24.7. The molecule has 1 aromatic carbocycles. The van der Waals surface area contributed by atoms with E-state index in [1.165, 1.54) is 12.3 Å². The van der Waals surface area contributed by atoms with Crippen molar-refractivity contribution >= 4 is 17.7 Å².